The van der Waals surface area contributed by atoms with Crippen LogP contribution in [0.5, 0.6) is 5.75 Å². The topological polar surface area (TPSA) is 54.2 Å². The van der Waals surface area contributed by atoms with Gasteiger partial charge in [-0.15, -0.1) is 0 Å². The van der Waals surface area contributed by atoms with Crippen molar-refractivity contribution in [3.05, 3.63) is 124 Å². The fourth-order valence-corrected chi connectivity index (χ4v) is 6.21. The van der Waals surface area contributed by atoms with E-state index in [2.05, 4.69) is 16.8 Å². The highest BCUT2D eigenvalue weighted by molar-refractivity contribution is 6.58. The Morgan fingerprint density at radius 3 is 2.38 bits per heavy atom. The lowest BCUT2D eigenvalue weighted by molar-refractivity contribution is -0.363. The second-order valence-corrected chi connectivity index (χ2v) is 10.9. The molecule has 8 heteroatoms. The molecule has 7 rings (SSSR count). The average molecular weight is 557 g/mol. The molecule has 0 fully saturated rings. The molecule has 0 atom stereocenters. The van der Waals surface area contributed by atoms with Gasteiger partial charge in [-0.1, -0.05) is 36.1 Å². The maximum Gasteiger partial charge on any atom is 0.737 e. The number of aromatic hydroxyl groups is 1. The van der Waals surface area contributed by atoms with E-state index in [4.69, 9.17) is 4.42 Å². The summed E-state index contributed by atoms with van der Waals surface area (Å²) < 4.78 is 40.0. The van der Waals surface area contributed by atoms with Crippen molar-refractivity contribution in [2.75, 3.05) is 0 Å². The molecule has 2 aromatic heterocycles. The maximum atomic E-state index is 15.9. The van der Waals surface area contributed by atoms with Crippen molar-refractivity contribution in [2.24, 2.45) is 0 Å². The number of rotatable bonds is 2. The lowest BCUT2D eigenvalue weighted by Gasteiger charge is -2.34. The maximum absolute atomic E-state index is 15.9. The molecule has 0 amide bonds. The molecular weight excluding hydrogens is 531 g/mol. The van der Waals surface area contributed by atoms with Gasteiger partial charge in [-0.2, -0.15) is 0 Å². The van der Waals surface area contributed by atoms with Crippen molar-refractivity contribution in [1.82, 2.24) is 9.46 Å². The Morgan fingerprint density at radius 2 is 1.62 bits per heavy atom. The van der Waals surface area contributed by atoms with E-state index >= 15 is 8.63 Å². The Morgan fingerprint density at radius 1 is 0.905 bits per heavy atom. The van der Waals surface area contributed by atoms with Crippen molar-refractivity contribution in [2.45, 2.75) is 27.7 Å². The molecule has 0 aliphatic carbocycles. The van der Waals surface area contributed by atoms with Crippen LogP contribution in [-0.2, 0) is 0 Å². The molecule has 2 aliphatic rings. The standard InChI is InChI=1S/C34H26BF2N3O2/c1-20-17-22(3)39-32(20)31(33-21(2)18-23(4)40(33)35(39,36)37)26-14-11-24(12-15-26)9-10-25-13-16-29(41)27(19-25)34-38-28-7-5-6-8-30(28)42-34/h5-8,11-19,41H,1-4H3. The summed E-state index contributed by atoms with van der Waals surface area (Å²) >= 11 is 0. The van der Waals surface area contributed by atoms with Crippen LogP contribution in [0.3, 0.4) is 0 Å². The van der Waals surface area contributed by atoms with E-state index in [-0.39, 0.29) is 5.75 Å². The Hall–Kier alpha value is -5.16. The second kappa shape index (κ2) is 9.18. The number of phenols is 1. The molecule has 0 bridgehead atoms. The smallest absolute Gasteiger partial charge is 0.507 e. The fourth-order valence-electron chi connectivity index (χ4n) is 6.21. The van der Waals surface area contributed by atoms with Crippen LogP contribution in [-0.4, -0.2) is 31.7 Å². The monoisotopic (exact) mass is 557 g/mol. The van der Waals surface area contributed by atoms with Crippen LogP contribution >= 0.6 is 0 Å². The minimum atomic E-state index is -4.01. The van der Waals surface area contributed by atoms with E-state index in [1.54, 1.807) is 32.0 Å². The third-order valence-corrected chi connectivity index (χ3v) is 7.98. The average Bonchev–Trinajstić information content (AvgIpc) is 3.62. The van der Waals surface area contributed by atoms with Gasteiger partial charge in [0, 0.05) is 35.4 Å². The summed E-state index contributed by atoms with van der Waals surface area (Å²) in [6.45, 7) is 3.23. The molecule has 1 N–H and O–H groups in total. The first-order valence-electron chi connectivity index (χ1n) is 13.7. The van der Waals surface area contributed by atoms with E-state index in [1.807, 2.05) is 74.5 Å². The number of halogens is 2. The third-order valence-electron chi connectivity index (χ3n) is 7.98. The van der Waals surface area contributed by atoms with Gasteiger partial charge >= 0.3 is 6.97 Å². The minimum Gasteiger partial charge on any atom is -0.507 e. The summed E-state index contributed by atoms with van der Waals surface area (Å²) in [5.74, 6) is 6.71. The van der Waals surface area contributed by atoms with Crippen LogP contribution in [0.25, 0.3) is 28.1 Å². The SMILES string of the molecule is CC1=CC(C)=[N+]2C1=C(c1ccc(C#Cc3ccc(O)c(-c4nc5ccccc5o4)c3)cc1)c1c(C)cc(C)n1[B-]2(F)F. The van der Waals surface area contributed by atoms with Crippen LogP contribution in [0.1, 0.15) is 47.5 Å². The highest BCUT2D eigenvalue weighted by Crippen LogP contribution is 2.44. The van der Waals surface area contributed by atoms with E-state index < -0.39 is 6.97 Å². The molecule has 206 valence electrons. The Labute approximate surface area is 241 Å². The number of phenolic OH excluding ortho intramolecular Hbond substituents is 1. The summed E-state index contributed by atoms with van der Waals surface area (Å²) in [5.41, 5.74) is 8.73. The van der Waals surface area contributed by atoms with Gasteiger partial charge in [0.05, 0.1) is 11.1 Å². The molecule has 4 heterocycles. The second-order valence-electron chi connectivity index (χ2n) is 10.9. The fraction of sp³-hybridized carbons (Fsp3) is 0.118. The van der Waals surface area contributed by atoms with E-state index in [0.717, 1.165) is 27.8 Å². The number of aromatic nitrogens is 2. The summed E-state index contributed by atoms with van der Waals surface area (Å²) in [6.07, 6.45) is 1.83. The highest BCUT2D eigenvalue weighted by Gasteiger charge is 2.55. The Balaban J connectivity index is 1.26. The van der Waals surface area contributed by atoms with Crippen LogP contribution in [0.15, 0.2) is 94.6 Å². The van der Waals surface area contributed by atoms with E-state index in [9.17, 15) is 5.11 Å². The molecule has 0 saturated carbocycles. The van der Waals surface area contributed by atoms with Gasteiger partial charge < -0.3 is 27.1 Å². The van der Waals surface area contributed by atoms with Crippen LogP contribution in [0.2, 0.25) is 0 Å². The van der Waals surface area contributed by atoms with Gasteiger partial charge in [0.25, 0.3) is 0 Å². The first-order valence-corrected chi connectivity index (χ1v) is 13.7. The number of fused-ring (bicyclic) bond motifs is 3. The lowest BCUT2D eigenvalue weighted by atomic mass is 9.83. The summed E-state index contributed by atoms with van der Waals surface area (Å²) in [5, 5.41) is 10.5. The lowest BCUT2D eigenvalue weighted by Crippen LogP contribution is -2.51. The van der Waals surface area contributed by atoms with Crippen LogP contribution < -0.4 is 0 Å². The molecule has 5 aromatic rings. The quantitative estimate of drug-likeness (QED) is 0.181. The van der Waals surface area contributed by atoms with Crippen LogP contribution in [0, 0.1) is 25.7 Å². The van der Waals surface area contributed by atoms with E-state index in [1.165, 1.54) is 8.96 Å². The predicted octanol–water partition coefficient (Wildman–Crippen LogP) is 7.45. The first-order chi connectivity index (χ1) is 20.1. The van der Waals surface area contributed by atoms with Gasteiger partial charge in [-0.3, -0.25) is 0 Å². The molecule has 5 nitrogen and oxygen atoms in total. The summed E-state index contributed by atoms with van der Waals surface area (Å²) in [7, 11) is 0. The molecule has 0 spiro atoms. The summed E-state index contributed by atoms with van der Waals surface area (Å²) in [4.78, 5) is 4.49. The van der Waals surface area contributed by atoms with Crippen molar-refractivity contribution in [1.29, 1.82) is 0 Å². The zero-order valence-electron chi connectivity index (χ0n) is 23.5. The number of nitrogens with zero attached hydrogens (tertiary/aromatic N) is 3. The largest absolute Gasteiger partial charge is 0.737 e. The number of benzene rings is 3. The normalized spacial score (nSPS) is 15.4. The van der Waals surface area contributed by atoms with Gasteiger partial charge in [-0.05, 0) is 86.1 Å². The molecule has 42 heavy (non-hydrogen) atoms. The van der Waals surface area contributed by atoms with Crippen molar-refractivity contribution >= 4 is 29.4 Å². The van der Waals surface area contributed by atoms with Gasteiger partial charge in [0.2, 0.25) is 5.89 Å². The van der Waals surface area contributed by atoms with Crippen molar-refractivity contribution in [3.8, 4) is 29.0 Å². The van der Waals surface area contributed by atoms with Crippen molar-refractivity contribution in [3.63, 3.8) is 0 Å². The number of aryl methyl sites for hydroxylation is 2. The van der Waals surface area contributed by atoms with Gasteiger partial charge in [0.1, 0.15) is 17.0 Å². The Bertz CT molecular complexity index is 2090. The number of allylic oxidation sites excluding steroid dienone is 2. The summed E-state index contributed by atoms with van der Waals surface area (Å²) in [6, 6.07) is 22.0. The third kappa shape index (κ3) is 3.85. The molecule has 0 saturated heterocycles. The predicted molar refractivity (Wildman–Crippen MR) is 162 cm³/mol. The molecule has 0 radical (unpaired) electrons. The molecule has 2 aliphatic heterocycles. The minimum absolute atomic E-state index is 0.0542. The zero-order chi connectivity index (χ0) is 29.3. The molecular formula is C34H26BF2N3O2. The number of hydrogen-bond acceptors (Lipinski definition) is 3. The molecule has 3 aromatic carbocycles. The van der Waals surface area contributed by atoms with Crippen molar-refractivity contribution < 1.29 is 22.6 Å². The number of para-hydroxylation sites is 2. The Kier molecular flexibility index (Phi) is 5.64. The van der Waals surface area contributed by atoms with Gasteiger partial charge in [0.15, 0.2) is 11.3 Å². The number of hydrogen-bond donors (Lipinski definition) is 1. The van der Waals surface area contributed by atoms with E-state index in [0.29, 0.717) is 50.9 Å². The van der Waals surface area contributed by atoms with Gasteiger partial charge in [-0.25, -0.2) is 4.98 Å². The number of oxazole rings is 1. The first kappa shape index (κ1) is 25.8. The highest BCUT2D eigenvalue weighted by atomic mass is 19.2. The zero-order valence-corrected chi connectivity index (χ0v) is 23.5. The molecule has 0 unspecified atom stereocenters. The van der Waals surface area contributed by atoms with Crippen LogP contribution in [0.4, 0.5) is 8.63 Å².